The number of nitriles is 1. The Morgan fingerprint density at radius 2 is 1.96 bits per heavy atom. The Morgan fingerprint density at radius 1 is 1.22 bits per heavy atom. The summed E-state index contributed by atoms with van der Waals surface area (Å²) < 4.78 is 21.8. The Hall–Kier alpha value is -2.78. The highest BCUT2D eigenvalue weighted by atomic mass is 32.2. The van der Waals surface area contributed by atoms with Gasteiger partial charge in [-0.15, -0.1) is 0 Å². The standard InChI is InChI=1S/C21H23N3O2S/c1-4-5-12-24-20-13-17(26-2)10-11-18(20)19(14-22)21(24)15-6-8-16(9-7-15)23-27(3)25/h6-11,13,23H,4-5,12H2,1-3H3. The third-order valence-electron chi connectivity index (χ3n) is 4.54. The maximum atomic E-state index is 11.4. The van der Waals surface area contributed by atoms with Crippen molar-refractivity contribution in [2.75, 3.05) is 18.1 Å². The van der Waals surface area contributed by atoms with Gasteiger partial charge in [0, 0.05) is 29.9 Å². The highest BCUT2D eigenvalue weighted by molar-refractivity contribution is 7.85. The minimum atomic E-state index is -1.12. The molecule has 1 unspecified atom stereocenters. The Morgan fingerprint density at radius 3 is 2.56 bits per heavy atom. The molecule has 0 radical (unpaired) electrons. The number of aryl methyl sites for hydroxylation is 1. The van der Waals surface area contributed by atoms with E-state index in [2.05, 4.69) is 22.3 Å². The van der Waals surface area contributed by atoms with E-state index in [4.69, 9.17) is 4.74 Å². The van der Waals surface area contributed by atoms with Gasteiger partial charge in [0.15, 0.2) is 0 Å². The number of hydrogen-bond acceptors (Lipinski definition) is 3. The van der Waals surface area contributed by atoms with Crippen LogP contribution in [0.2, 0.25) is 0 Å². The molecule has 0 saturated carbocycles. The summed E-state index contributed by atoms with van der Waals surface area (Å²) >= 11 is 0. The van der Waals surface area contributed by atoms with Crippen LogP contribution in [0, 0.1) is 11.3 Å². The summed E-state index contributed by atoms with van der Waals surface area (Å²) in [6, 6.07) is 15.9. The smallest absolute Gasteiger partial charge is 0.120 e. The van der Waals surface area contributed by atoms with Crippen LogP contribution >= 0.6 is 0 Å². The van der Waals surface area contributed by atoms with Crippen LogP contribution in [0.4, 0.5) is 5.69 Å². The van der Waals surface area contributed by atoms with Crippen LogP contribution in [0.25, 0.3) is 22.2 Å². The third-order valence-corrected chi connectivity index (χ3v) is 5.06. The molecular formula is C21H23N3O2S. The normalized spacial score (nSPS) is 11.9. The first-order valence-electron chi connectivity index (χ1n) is 8.89. The molecule has 0 aliphatic carbocycles. The fourth-order valence-electron chi connectivity index (χ4n) is 3.28. The Labute approximate surface area is 162 Å². The van der Waals surface area contributed by atoms with Gasteiger partial charge in [-0.25, -0.2) is 4.21 Å². The fourth-order valence-corrected chi connectivity index (χ4v) is 3.75. The summed E-state index contributed by atoms with van der Waals surface area (Å²) in [5.41, 5.74) is 4.34. The number of fused-ring (bicyclic) bond motifs is 1. The summed E-state index contributed by atoms with van der Waals surface area (Å²) in [4.78, 5) is 0. The van der Waals surface area contributed by atoms with Crippen LogP contribution in [0.3, 0.4) is 0 Å². The molecule has 140 valence electrons. The zero-order valence-corrected chi connectivity index (χ0v) is 16.6. The number of hydrogen-bond donors (Lipinski definition) is 1. The van der Waals surface area contributed by atoms with Crippen LogP contribution in [-0.4, -0.2) is 22.1 Å². The van der Waals surface area contributed by atoms with Crippen molar-refractivity contribution < 1.29 is 8.95 Å². The van der Waals surface area contributed by atoms with Crippen LogP contribution < -0.4 is 9.46 Å². The van der Waals surface area contributed by atoms with Crippen LogP contribution in [0.15, 0.2) is 42.5 Å². The molecule has 2 aromatic carbocycles. The van der Waals surface area contributed by atoms with Crippen molar-refractivity contribution in [2.45, 2.75) is 26.3 Å². The van der Waals surface area contributed by atoms with Crippen molar-refractivity contribution in [3.05, 3.63) is 48.0 Å². The topological polar surface area (TPSA) is 67.0 Å². The monoisotopic (exact) mass is 381 g/mol. The van der Waals surface area contributed by atoms with E-state index in [1.54, 1.807) is 13.4 Å². The second-order valence-electron chi connectivity index (χ2n) is 6.36. The lowest BCUT2D eigenvalue weighted by atomic mass is 10.1. The molecule has 6 heteroatoms. The molecule has 1 heterocycles. The molecule has 3 rings (SSSR count). The van der Waals surface area contributed by atoms with E-state index in [-0.39, 0.29) is 0 Å². The van der Waals surface area contributed by atoms with Gasteiger partial charge in [0.1, 0.15) is 22.8 Å². The molecule has 1 aromatic heterocycles. The number of methoxy groups -OCH3 is 1. The molecule has 5 nitrogen and oxygen atoms in total. The number of ether oxygens (including phenoxy) is 1. The lowest BCUT2D eigenvalue weighted by molar-refractivity contribution is 0.415. The number of unbranched alkanes of at least 4 members (excludes halogenated alkanes) is 1. The van der Waals surface area contributed by atoms with Gasteiger partial charge in [0.25, 0.3) is 0 Å². The van der Waals surface area contributed by atoms with Crippen LogP contribution in [0.1, 0.15) is 25.3 Å². The first-order chi connectivity index (χ1) is 13.1. The minimum absolute atomic E-state index is 0.670. The van der Waals surface area contributed by atoms with E-state index in [0.29, 0.717) is 5.56 Å². The maximum absolute atomic E-state index is 11.4. The second kappa shape index (κ2) is 8.28. The molecule has 0 fully saturated rings. The first-order valence-corrected chi connectivity index (χ1v) is 10.5. The number of anilines is 1. The summed E-state index contributed by atoms with van der Waals surface area (Å²) in [5, 5.41) is 10.8. The summed E-state index contributed by atoms with van der Waals surface area (Å²) in [6.07, 6.45) is 3.68. The SMILES string of the molecule is CCCCn1c(-c2ccc(NS(C)=O)cc2)c(C#N)c2ccc(OC)cc21. The first kappa shape index (κ1) is 19.0. The van der Waals surface area contributed by atoms with Crippen LogP contribution in [-0.2, 0) is 17.5 Å². The maximum Gasteiger partial charge on any atom is 0.120 e. The lowest BCUT2D eigenvalue weighted by Gasteiger charge is -2.12. The van der Waals surface area contributed by atoms with Crippen molar-refractivity contribution in [1.29, 1.82) is 5.26 Å². The molecule has 0 aliphatic heterocycles. The molecule has 0 spiro atoms. The molecule has 0 bridgehead atoms. The molecule has 1 N–H and O–H groups in total. The van der Waals surface area contributed by atoms with Gasteiger partial charge < -0.3 is 14.0 Å². The summed E-state index contributed by atoms with van der Waals surface area (Å²) in [6.45, 7) is 2.98. The van der Waals surface area contributed by atoms with Gasteiger partial charge in [-0.3, -0.25) is 0 Å². The fraction of sp³-hybridized carbons (Fsp3) is 0.286. The molecule has 0 aliphatic rings. The molecular weight excluding hydrogens is 358 g/mol. The summed E-state index contributed by atoms with van der Waals surface area (Å²) in [7, 11) is 0.529. The molecule has 3 aromatic rings. The van der Waals surface area contributed by atoms with Gasteiger partial charge in [0.2, 0.25) is 0 Å². The predicted molar refractivity (Wildman–Crippen MR) is 111 cm³/mol. The van der Waals surface area contributed by atoms with Crippen molar-refractivity contribution in [1.82, 2.24) is 4.57 Å². The van der Waals surface area contributed by atoms with E-state index in [0.717, 1.165) is 53.0 Å². The Balaban J connectivity index is 2.20. The number of rotatable bonds is 7. The van der Waals surface area contributed by atoms with E-state index in [1.807, 2.05) is 42.5 Å². The van der Waals surface area contributed by atoms with Crippen LogP contribution in [0.5, 0.6) is 5.75 Å². The molecule has 0 amide bonds. The average molecular weight is 382 g/mol. The molecule has 27 heavy (non-hydrogen) atoms. The lowest BCUT2D eigenvalue weighted by Crippen LogP contribution is -2.02. The predicted octanol–water partition coefficient (Wildman–Crippen LogP) is 4.69. The van der Waals surface area contributed by atoms with Gasteiger partial charge in [0.05, 0.1) is 23.9 Å². The Bertz CT molecular complexity index is 1020. The molecule has 0 saturated heterocycles. The van der Waals surface area contributed by atoms with E-state index < -0.39 is 11.0 Å². The Kier molecular flexibility index (Phi) is 5.82. The zero-order valence-electron chi connectivity index (χ0n) is 15.8. The van der Waals surface area contributed by atoms with Gasteiger partial charge in [-0.2, -0.15) is 5.26 Å². The quantitative estimate of drug-likeness (QED) is 0.645. The third kappa shape index (κ3) is 3.83. The second-order valence-corrected chi connectivity index (χ2v) is 7.47. The van der Waals surface area contributed by atoms with Crippen molar-refractivity contribution in [3.63, 3.8) is 0 Å². The van der Waals surface area contributed by atoms with Gasteiger partial charge in [-0.05, 0) is 36.2 Å². The highest BCUT2D eigenvalue weighted by Crippen LogP contribution is 2.36. The molecule has 1 atom stereocenters. The number of benzene rings is 2. The van der Waals surface area contributed by atoms with Crippen molar-refractivity contribution in [3.8, 4) is 23.1 Å². The minimum Gasteiger partial charge on any atom is -0.497 e. The zero-order chi connectivity index (χ0) is 19.4. The number of nitrogens with zero attached hydrogens (tertiary/aromatic N) is 2. The van der Waals surface area contributed by atoms with Gasteiger partial charge in [-0.1, -0.05) is 25.5 Å². The van der Waals surface area contributed by atoms with Crippen molar-refractivity contribution >= 4 is 27.6 Å². The van der Waals surface area contributed by atoms with Crippen molar-refractivity contribution in [2.24, 2.45) is 0 Å². The van der Waals surface area contributed by atoms with E-state index >= 15 is 0 Å². The largest absolute Gasteiger partial charge is 0.497 e. The highest BCUT2D eigenvalue weighted by Gasteiger charge is 2.19. The van der Waals surface area contributed by atoms with E-state index in [9.17, 15) is 9.47 Å². The average Bonchev–Trinajstić information content (AvgIpc) is 2.99. The van der Waals surface area contributed by atoms with E-state index in [1.165, 1.54) is 0 Å². The number of aromatic nitrogens is 1. The van der Waals surface area contributed by atoms with Gasteiger partial charge >= 0.3 is 0 Å². The summed E-state index contributed by atoms with van der Waals surface area (Å²) in [5.74, 6) is 0.777. The number of nitrogens with one attached hydrogen (secondary N) is 1.